The van der Waals surface area contributed by atoms with Crippen LogP contribution in [0.5, 0.6) is 11.5 Å². The van der Waals surface area contributed by atoms with Gasteiger partial charge in [-0.15, -0.1) is 0 Å². The van der Waals surface area contributed by atoms with E-state index < -0.39 is 26.2 Å². The minimum Gasteiger partial charge on any atom is -0.483 e. The largest absolute Gasteiger partial charge is 0.483 e. The van der Waals surface area contributed by atoms with Crippen LogP contribution in [0.2, 0.25) is 0 Å². The molecule has 0 saturated carbocycles. The van der Waals surface area contributed by atoms with Crippen molar-refractivity contribution in [2.45, 2.75) is 16.2 Å². The zero-order valence-corrected chi connectivity index (χ0v) is 17.7. The number of benzene rings is 3. The zero-order chi connectivity index (χ0) is 21.8. The molecule has 0 aliphatic carbocycles. The van der Waals surface area contributed by atoms with Crippen molar-refractivity contribution in [3.8, 4) is 11.5 Å². The molecule has 5 rings (SSSR count). The maximum atomic E-state index is 13.6. The van der Waals surface area contributed by atoms with E-state index in [4.69, 9.17) is 13.7 Å². The summed E-state index contributed by atoms with van der Waals surface area (Å²) >= 11 is 0. The van der Waals surface area contributed by atoms with Crippen molar-refractivity contribution in [3.63, 3.8) is 0 Å². The predicted molar refractivity (Wildman–Crippen MR) is 111 cm³/mol. The molecule has 1 N–H and O–H groups in total. The molecule has 1 atom stereocenters. The van der Waals surface area contributed by atoms with Gasteiger partial charge >= 0.3 is 0 Å². The first kappa shape index (κ1) is 19.8. The first-order chi connectivity index (χ1) is 14.7. The molecule has 3 aromatic carbocycles. The lowest BCUT2D eigenvalue weighted by Gasteiger charge is -2.26. The van der Waals surface area contributed by atoms with Gasteiger partial charge in [0.15, 0.2) is 23.1 Å². The van der Waals surface area contributed by atoms with Gasteiger partial charge in [0.05, 0.1) is 22.1 Å². The molecule has 160 valence electrons. The van der Waals surface area contributed by atoms with Crippen LogP contribution in [0.25, 0.3) is 21.7 Å². The monoisotopic (exact) mass is 460 g/mol. The Morgan fingerprint density at radius 1 is 1.03 bits per heavy atom. The van der Waals surface area contributed by atoms with E-state index in [-0.39, 0.29) is 33.4 Å². The summed E-state index contributed by atoms with van der Waals surface area (Å²) in [5.41, 5.74) is 0.390. The standard InChI is InChI=1S/C20H16N2O7S2/c1-30(23,24)29-17-11-27-15-10-9-14-18(19(15)28-17)20(22-21-14)31(25,26)16-8-4-6-12-5-2-3-7-13(12)16/h2-10,17H,11H2,1H3,(H,21,22). The Bertz CT molecular complexity index is 1540. The summed E-state index contributed by atoms with van der Waals surface area (Å²) in [5.74, 6) is 0.307. The van der Waals surface area contributed by atoms with Crippen molar-refractivity contribution in [2.24, 2.45) is 0 Å². The molecule has 31 heavy (non-hydrogen) atoms. The summed E-state index contributed by atoms with van der Waals surface area (Å²) in [7, 11) is -7.89. The second-order valence-corrected chi connectivity index (χ2v) is 10.4. The van der Waals surface area contributed by atoms with Crippen LogP contribution in [-0.4, -0.2) is 46.2 Å². The van der Waals surface area contributed by atoms with Crippen LogP contribution in [0.3, 0.4) is 0 Å². The Morgan fingerprint density at radius 2 is 1.81 bits per heavy atom. The van der Waals surface area contributed by atoms with Crippen LogP contribution in [0.15, 0.2) is 64.5 Å². The summed E-state index contributed by atoms with van der Waals surface area (Å²) in [4.78, 5) is 0.0947. The van der Waals surface area contributed by atoms with Crippen molar-refractivity contribution in [3.05, 3.63) is 54.6 Å². The van der Waals surface area contributed by atoms with Crippen LogP contribution < -0.4 is 9.47 Å². The minimum atomic E-state index is -4.07. The van der Waals surface area contributed by atoms with Crippen LogP contribution in [0.4, 0.5) is 0 Å². The number of rotatable bonds is 4. The van der Waals surface area contributed by atoms with E-state index in [0.717, 1.165) is 11.6 Å². The Balaban J connectivity index is 1.70. The second kappa shape index (κ2) is 6.94. The molecule has 1 aliphatic rings. The van der Waals surface area contributed by atoms with E-state index in [9.17, 15) is 16.8 Å². The third-order valence-electron chi connectivity index (χ3n) is 4.81. The fraction of sp³-hybridized carbons (Fsp3) is 0.150. The highest BCUT2D eigenvalue weighted by Gasteiger charge is 2.33. The predicted octanol–water partition coefficient (Wildman–Crippen LogP) is 2.62. The Labute approximate surface area is 177 Å². The summed E-state index contributed by atoms with van der Waals surface area (Å²) in [6.07, 6.45) is -0.364. The number of fused-ring (bicyclic) bond motifs is 4. The number of aromatic nitrogens is 2. The molecule has 4 aromatic rings. The molecule has 11 heteroatoms. The van der Waals surface area contributed by atoms with Gasteiger partial charge in [-0.05, 0) is 23.6 Å². The van der Waals surface area contributed by atoms with Crippen molar-refractivity contribution >= 4 is 41.6 Å². The number of ether oxygens (including phenoxy) is 2. The van der Waals surface area contributed by atoms with Crippen LogP contribution in [-0.2, 0) is 24.1 Å². The number of aromatic amines is 1. The van der Waals surface area contributed by atoms with E-state index in [0.29, 0.717) is 10.9 Å². The molecule has 2 heterocycles. The quantitative estimate of drug-likeness (QED) is 0.461. The number of hydrogen-bond acceptors (Lipinski definition) is 8. The van der Waals surface area contributed by atoms with E-state index in [1.165, 1.54) is 6.07 Å². The summed E-state index contributed by atoms with van der Waals surface area (Å²) < 4.78 is 66.3. The Hall–Kier alpha value is -3.15. The average molecular weight is 460 g/mol. The van der Waals surface area contributed by atoms with Gasteiger partial charge in [0.1, 0.15) is 0 Å². The first-order valence-corrected chi connectivity index (χ1v) is 12.5. The van der Waals surface area contributed by atoms with Gasteiger partial charge in [0, 0.05) is 5.39 Å². The molecule has 0 bridgehead atoms. The highest BCUT2D eigenvalue weighted by atomic mass is 32.2. The maximum Gasteiger partial charge on any atom is 0.267 e. The van der Waals surface area contributed by atoms with Crippen molar-refractivity contribution < 1.29 is 30.5 Å². The van der Waals surface area contributed by atoms with Gasteiger partial charge in [-0.3, -0.25) is 5.10 Å². The fourth-order valence-corrected chi connectivity index (χ4v) is 5.62. The summed E-state index contributed by atoms with van der Waals surface area (Å²) in [5, 5.41) is 7.99. The lowest BCUT2D eigenvalue weighted by atomic mass is 10.1. The normalized spacial score (nSPS) is 16.6. The number of hydrogen-bond donors (Lipinski definition) is 1. The lowest BCUT2D eigenvalue weighted by Crippen LogP contribution is -2.33. The Kier molecular flexibility index (Phi) is 4.43. The van der Waals surface area contributed by atoms with Crippen LogP contribution in [0, 0.1) is 0 Å². The van der Waals surface area contributed by atoms with Gasteiger partial charge in [-0.1, -0.05) is 36.4 Å². The van der Waals surface area contributed by atoms with Gasteiger partial charge in [-0.2, -0.15) is 13.5 Å². The topological polar surface area (TPSA) is 125 Å². The Morgan fingerprint density at radius 3 is 2.61 bits per heavy atom. The maximum absolute atomic E-state index is 13.6. The molecule has 1 unspecified atom stereocenters. The van der Waals surface area contributed by atoms with Gasteiger partial charge in [-0.25, -0.2) is 12.6 Å². The molecule has 1 aromatic heterocycles. The molecule has 0 amide bonds. The summed E-state index contributed by atoms with van der Waals surface area (Å²) in [6.45, 7) is -0.172. The zero-order valence-electron chi connectivity index (χ0n) is 16.1. The molecule has 9 nitrogen and oxygen atoms in total. The van der Waals surface area contributed by atoms with Gasteiger partial charge < -0.3 is 9.47 Å². The highest BCUT2D eigenvalue weighted by molar-refractivity contribution is 7.91. The first-order valence-electron chi connectivity index (χ1n) is 9.16. The molecule has 0 radical (unpaired) electrons. The minimum absolute atomic E-state index is 0.0463. The molecule has 0 spiro atoms. The van der Waals surface area contributed by atoms with Crippen LogP contribution in [0.1, 0.15) is 0 Å². The third kappa shape index (κ3) is 3.40. The smallest absolute Gasteiger partial charge is 0.267 e. The molecule has 1 aliphatic heterocycles. The molecule has 0 saturated heterocycles. The van der Waals surface area contributed by atoms with Gasteiger partial charge in [0.2, 0.25) is 9.84 Å². The molecule has 0 fully saturated rings. The van der Waals surface area contributed by atoms with Gasteiger partial charge in [0.25, 0.3) is 16.4 Å². The average Bonchev–Trinajstić information content (AvgIpc) is 3.18. The highest BCUT2D eigenvalue weighted by Crippen LogP contribution is 2.43. The molecular formula is C20H16N2O7S2. The van der Waals surface area contributed by atoms with Crippen molar-refractivity contribution in [1.29, 1.82) is 0 Å². The van der Waals surface area contributed by atoms with E-state index in [1.54, 1.807) is 30.3 Å². The number of sulfone groups is 1. The van der Waals surface area contributed by atoms with Crippen molar-refractivity contribution in [1.82, 2.24) is 10.2 Å². The number of nitrogens with one attached hydrogen (secondary N) is 1. The molecular weight excluding hydrogens is 444 g/mol. The SMILES string of the molecule is CS(=O)(=O)OC1COc2ccc3[nH]nc(S(=O)(=O)c4cccc5ccccc45)c3c2O1. The summed E-state index contributed by atoms with van der Waals surface area (Å²) in [6, 6.07) is 15.3. The van der Waals surface area contributed by atoms with E-state index >= 15 is 0 Å². The van der Waals surface area contributed by atoms with E-state index in [1.807, 2.05) is 18.2 Å². The number of nitrogens with zero attached hydrogens (tertiary/aromatic N) is 1. The van der Waals surface area contributed by atoms with E-state index in [2.05, 4.69) is 10.2 Å². The fourth-order valence-electron chi connectivity index (χ4n) is 3.56. The third-order valence-corrected chi connectivity index (χ3v) is 7.12. The second-order valence-electron chi connectivity index (χ2n) is 6.98. The lowest BCUT2D eigenvalue weighted by molar-refractivity contribution is -0.0420. The van der Waals surface area contributed by atoms with Crippen molar-refractivity contribution in [2.75, 3.05) is 12.9 Å². The van der Waals surface area contributed by atoms with Crippen LogP contribution >= 0.6 is 0 Å². The number of H-pyrrole nitrogens is 1.